The Hall–Kier alpha value is -2.02. The predicted molar refractivity (Wildman–Crippen MR) is 108 cm³/mol. The number of likely N-dealkylation sites (tertiary alicyclic amines) is 1. The summed E-state index contributed by atoms with van der Waals surface area (Å²) in [7, 11) is 3.59. The molecule has 1 amide bonds. The summed E-state index contributed by atoms with van der Waals surface area (Å²) in [4.78, 5) is 15.0. The summed E-state index contributed by atoms with van der Waals surface area (Å²) < 4.78 is 7.15. The van der Waals surface area contributed by atoms with Gasteiger partial charge in [-0.25, -0.2) is 0 Å². The van der Waals surface area contributed by atoms with Crippen LogP contribution in [0.25, 0.3) is 11.4 Å². The van der Waals surface area contributed by atoms with E-state index in [0.717, 1.165) is 48.1 Å². The van der Waals surface area contributed by atoms with Crippen molar-refractivity contribution in [2.24, 2.45) is 7.05 Å². The van der Waals surface area contributed by atoms with E-state index in [-0.39, 0.29) is 11.2 Å². The van der Waals surface area contributed by atoms with Crippen molar-refractivity contribution in [3.8, 4) is 17.1 Å². The molecule has 1 aliphatic rings. The van der Waals surface area contributed by atoms with E-state index in [9.17, 15) is 4.79 Å². The fourth-order valence-electron chi connectivity index (χ4n) is 3.57. The zero-order valence-corrected chi connectivity index (χ0v) is 17.3. The van der Waals surface area contributed by atoms with Crippen LogP contribution in [0, 0.1) is 0 Å². The lowest BCUT2D eigenvalue weighted by molar-refractivity contribution is -0.134. The maximum atomic E-state index is 13.0. The third-order valence-electron chi connectivity index (χ3n) is 5.19. The highest BCUT2D eigenvalue weighted by Crippen LogP contribution is 2.29. The molecular formula is C20H28N4O2S. The Bertz CT molecular complexity index is 775. The van der Waals surface area contributed by atoms with E-state index in [1.807, 2.05) is 42.8 Å². The van der Waals surface area contributed by atoms with E-state index in [1.165, 1.54) is 18.2 Å². The summed E-state index contributed by atoms with van der Waals surface area (Å²) in [5, 5.41) is 9.22. The number of hydrogen-bond acceptors (Lipinski definition) is 5. The molecule has 1 aromatic heterocycles. The Labute approximate surface area is 165 Å². The molecule has 1 saturated heterocycles. The van der Waals surface area contributed by atoms with Gasteiger partial charge in [0.25, 0.3) is 0 Å². The van der Waals surface area contributed by atoms with Gasteiger partial charge in [-0.05, 0) is 56.9 Å². The van der Waals surface area contributed by atoms with Crippen LogP contribution in [0.5, 0.6) is 5.75 Å². The quantitative estimate of drug-likeness (QED) is 0.705. The number of carbonyl (C=O) groups excluding carboxylic acids is 1. The van der Waals surface area contributed by atoms with Crippen LogP contribution >= 0.6 is 11.8 Å². The lowest BCUT2D eigenvalue weighted by Crippen LogP contribution is -2.46. The number of benzene rings is 1. The first kappa shape index (κ1) is 19.7. The second kappa shape index (κ2) is 8.78. The lowest BCUT2D eigenvalue weighted by Gasteiger charge is -2.36. The number of carbonyl (C=O) groups is 1. The molecule has 0 radical (unpaired) electrons. The average Bonchev–Trinajstić information content (AvgIpc) is 3.07. The summed E-state index contributed by atoms with van der Waals surface area (Å²) in [6.45, 7) is 5.01. The minimum absolute atomic E-state index is 0.177. The molecule has 2 aromatic rings. The number of methoxy groups -OCH3 is 1. The number of amides is 1. The largest absolute Gasteiger partial charge is 0.497 e. The van der Waals surface area contributed by atoms with Gasteiger partial charge in [0.05, 0.1) is 12.4 Å². The molecule has 3 rings (SSSR count). The number of piperidine rings is 1. The number of nitrogens with zero attached hydrogens (tertiary/aromatic N) is 4. The molecule has 7 heteroatoms. The number of thioether (sulfide) groups is 1. The third-order valence-corrected chi connectivity index (χ3v) is 6.32. The molecule has 0 bridgehead atoms. The van der Waals surface area contributed by atoms with Crippen molar-refractivity contribution in [3.05, 3.63) is 24.3 Å². The fourth-order valence-corrected chi connectivity index (χ4v) is 4.45. The van der Waals surface area contributed by atoms with Gasteiger partial charge in [-0.1, -0.05) is 18.7 Å². The molecule has 0 N–H and O–H groups in total. The minimum atomic E-state index is -0.177. The van der Waals surface area contributed by atoms with Crippen LogP contribution < -0.4 is 4.74 Å². The number of rotatable bonds is 6. The summed E-state index contributed by atoms with van der Waals surface area (Å²) in [6, 6.07) is 8.12. The normalized spacial score (nSPS) is 18.4. The van der Waals surface area contributed by atoms with E-state index in [0.29, 0.717) is 6.04 Å². The molecule has 0 spiro atoms. The van der Waals surface area contributed by atoms with Crippen molar-refractivity contribution in [2.45, 2.75) is 56.0 Å². The molecule has 146 valence electrons. The van der Waals surface area contributed by atoms with Gasteiger partial charge in [0.15, 0.2) is 11.0 Å². The van der Waals surface area contributed by atoms with Gasteiger partial charge in [0.1, 0.15) is 5.75 Å². The van der Waals surface area contributed by atoms with Crippen LogP contribution in [-0.4, -0.2) is 50.5 Å². The molecule has 1 aromatic carbocycles. The Morgan fingerprint density at radius 3 is 2.70 bits per heavy atom. The number of ether oxygens (including phenoxy) is 1. The van der Waals surface area contributed by atoms with E-state index in [4.69, 9.17) is 4.74 Å². The molecule has 0 aliphatic carbocycles. The molecule has 2 unspecified atom stereocenters. The van der Waals surface area contributed by atoms with Crippen LogP contribution in [-0.2, 0) is 11.8 Å². The maximum Gasteiger partial charge on any atom is 0.236 e. The Morgan fingerprint density at radius 1 is 1.30 bits per heavy atom. The smallest absolute Gasteiger partial charge is 0.236 e. The van der Waals surface area contributed by atoms with Crippen LogP contribution in [0.15, 0.2) is 29.4 Å². The fraction of sp³-hybridized carbons (Fsp3) is 0.550. The van der Waals surface area contributed by atoms with Gasteiger partial charge >= 0.3 is 0 Å². The lowest BCUT2D eigenvalue weighted by atomic mass is 10.00. The van der Waals surface area contributed by atoms with Gasteiger partial charge in [-0.15, -0.1) is 10.2 Å². The van der Waals surface area contributed by atoms with Crippen molar-refractivity contribution in [1.29, 1.82) is 0 Å². The number of aromatic nitrogens is 3. The first-order valence-electron chi connectivity index (χ1n) is 9.56. The summed E-state index contributed by atoms with van der Waals surface area (Å²) in [5.74, 6) is 1.80. The molecule has 0 saturated carbocycles. The van der Waals surface area contributed by atoms with Gasteiger partial charge < -0.3 is 14.2 Å². The molecule has 6 nitrogen and oxygen atoms in total. The van der Waals surface area contributed by atoms with Gasteiger partial charge in [-0.3, -0.25) is 4.79 Å². The predicted octanol–water partition coefficient (Wildman–Crippen LogP) is 3.76. The highest BCUT2D eigenvalue weighted by atomic mass is 32.2. The van der Waals surface area contributed by atoms with E-state index in [1.54, 1.807) is 7.11 Å². The van der Waals surface area contributed by atoms with Crippen molar-refractivity contribution in [1.82, 2.24) is 19.7 Å². The van der Waals surface area contributed by atoms with Crippen LogP contribution in [0.4, 0.5) is 0 Å². The van der Waals surface area contributed by atoms with Crippen LogP contribution in [0.1, 0.15) is 39.5 Å². The van der Waals surface area contributed by atoms with Crippen molar-refractivity contribution >= 4 is 17.7 Å². The highest BCUT2D eigenvalue weighted by molar-refractivity contribution is 8.00. The third kappa shape index (κ3) is 4.29. The summed E-state index contributed by atoms with van der Waals surface area (Å²) in [5.41, 5.74) is 0.971. The van der Waals surface area contributed by atoms with E-state index in [2.05, 4.69) is 22.0 Å². The van der Waals surface area contributed by atoms with E-state index >= 15 is 0 Å². The summed E-state index contributed by atoms with van der Waals surface area (Å²) >= 11 is 1.48. The first-order valence-corrected chi connectivity index (χ1v) is 10.4. The summed E-state index contributed by atoms with van der Waals surface area (Å²) in [6.07, 6.45) is 4.46. The molecular weight excluding hydrogens is 360 g/mol. The molecule has 1 aliphatic heterocycles. The molecule has 1 fully saturated rings. The average molecular weight is 389 g/mol. The van der Waals surface area contributed by atoms with Gasteiger partial charge in [0.2, 0.25) is 5.91 Å². The van der Waals surface area contributed by atoms with Gasteiger partial charge in [-0.2, -0.15) is 0 Å². The Morgan fingerprint density at radius 2 is 2.04 bits per heavy atom. The zero-order valence-electron chi connectivity index (χ0n) is 16.5. The maximum absolute atomic E-state index is 13.0. The highest BCUT2D eigenvalue weighted by Gasteiger charge is 2.30. The van der Waals surface area contributed by atoms with E-state index < -0.39 is 0 Å². The standard InChI is InChI=1S/C20H28N4O2S/c1-5-16-8-6-7-13-24(16)19(25)14(2)27-20-22-21-18(23(20)3)15-9-11-17(26-4)12-10-15/h9-12,14,16H,5-8,13H2,1-4H3. The molecule has 2 atom stereocenters. The SMILES string of the molecule is CCC1CCCCN1C(=O)C(C)Sc1nnc(-c2ccc(OC)cc2)n1C. The minimum Gasteiger partial charge on any atom is -0.497 e. The second-order valence-electron chi connectivity index (χ2n) is 6.94. The molecule has 2 heterocycles. The Balaban J connectivity index is 1.71. The van der Waals surface area contributed by atoms with Crippen molar-refractivity contribution in [3.63, 3.8) is 0 Å². The topological polar surface area (TPSA) is 60.3 Å². The zero-order chi connectivity index (χ0) is 19.4. The van der Waals surface area contributed by atoms with Crippen LogP contribution in [0.2, 0.25) is 0 Å². The van der Waals surface area contributed by atoms with Gasteiger partial charge in [0, 0.05) is 25.2 Å². The number of hydrogen-bond donors (Lipinski definition) is 0. The monoisotopic (exact) mass is 388 g/mol. The first-order chi connectivity index (χ1) is 13.0. The Kier molecular flexibility index (Phi) is 6.42. The van der Waals surface area contributed by atoms with Crippen molar-refractivity contribution in [2.75, 3.05) is 13.7 Å². The van der Waals surface area contributed by atoms with Crippen LogP contribution in [0.3, 0.4) is 0 Å². The molecule has 27 heavy (non-hydrogen) atoms. The van der Waals surface area contributed by atoms with Crippen molar-refractivity contribution < 1.29 is 9.53 Å². The second-order valence-corrected chi connectivity index (χ2v) is 8.25.